The van der Waals surface area contributed by atoms with Crippen LogP contribution in [0.25, 0.3) is 10.8 Å². The van der Waals surface area contributed by atoms with Gasteiger partial charge in [-0.2, -0.15) is 0 Å². The summed E-state index contributed by atoms with van der Waals surface area (Å²) in [6.45, 7) is 2.83. The zero-order valence-electron chi connectivity index (χ0n) is 56.8. The average molecular weight is 1340 g/mol. The maximum absolute atomic E-state index is 14.5. The minimum Gasteiger partial charge on any atom is -0.748 e. The molecular weight excluding hydrogens is 1250 g/mol. The number of phenolic OH excluding ortho intramolecular Hbond substituents is 1. The molecule has 0 aromatic heterocycles. The predicted octanol–water partition coefficient (Wildman–Crippen LogP) is 10.4. The molecule has 12 bridgehead atoms. The molecule has 9 N–H and O–H groups in total. The van der Waals surface area contributed by atoms with E-state index in [2.05, 4.69) is 109 Å². The van der Waals surface area contributed by atoms with Gasteiger partial charge >= 0.3 is 29.6 Å². The van der Waals surface area contributed by atoms with Crippen LogP contribution in [0, 0.1) is 41.4 Å². The van der Waals surface area contributed by atoms with Gasteiger partial charge in [0.1, 0.15) is 17.6 Å². The van der Waals surface area contributed by atoms with Gasteiger partial charge in [0.2, 0.25) is 5.72 Å². The van der Waals surface area contributed by atoms with Gasteiger partial charge in [-0.1, -0.05) is 128 Å². The average Bonchev–Trinajstić information content (AvgIpc) is 0.792. The first kappa shape index (κ1) is 67.5. The molecule has 0 amide bonds. The van der Waals surface area contributed by atoms with Crippen molar-refractivity contribution in [1.29, 1.82) is 0 Å². The summed E-state index contributed by atoms with van der Waals surface area (Å²) >= 11 is 0. The third-order valence-corrected chi connectivity index (χ3v) is 26.4. The van der Waals surface area contributed by atoms with Gasteiger partial charge in [0, 0.05) is 48.6 Å². The standard InChI is InChI=1S/C83H92N4O9S.Na/c1-48-16-17-54-39-65-25-28-67(54)71(48)43-75(97(92,93)94)72-41-60-37-59(40-66-34-50(47-88)11-6-12-53-38-64(89)24-27-70(53)79(60)95-66)76(72)51-18-22-62(23-19-51)83(96-65,87-80(84)85)45-63(33-49-9-4-3-5-10-49)81(90)31-8-14-58(44-81)52-21-29-73-56(35-52)20-26-69-61(46-86-2)36-57-13-7-15-68-55-30-32-82(73,91)74(42-55)78(69)77(57)68;/h3-5,7,9-10,13,15,18-19,21-25,27-29,35-36,38-39,41,48,50,55,58-59,63,66,71-72,74-76,79,86,88-91H,8,11,14,16-17,20,26,30-34,37,40,42-47H2,1-2H3,(H4,84,85,87)(H,92,93,94);/q;+1/p-1. The van der Waals surface area contributed by atoms with Crippen LogP contribution in [0.1, 0.15) is 210 Å². The van der Waals surface area contributed by atoms with E-state index < -0.39 is 56.2 Å². The van der Waals surface area contributed by atoms with Gasteiger partial charge < -0.3 is 51.2 Å². The van der Waals surface area contributed by atoms with E-state index in [1.54, 1.807) is 12.1 Å². The smallest absolute Gasteiger partial charge is 0.748 e. The zero-order valence-corrected chi connectivity index (χ0v) is 59.6. The Balaban J connectivity index is 0.00000784. The summed E-state index contributed by atoms with van der Waals surface area (Å²) in [7, 11) is -2.96. The number of aryl methyl sites for hydroxylation is 2. The van der Waals surface area contributed by atoms with E-state index in [1.165, 1.54) is 44.2 Å². The van der Waals surface area contributed by atoms with Gasteiger partial charge in [-0.15, -0.1) is 0 Å². The number of nitrogens with one attached hydrogen (secondary N) is 1. The number of hydrogen-bond acceptors (Lipinski definition) is 11. The third kappa shape index (κ3) is 12.2. The molecule has 7 aromatic rings. The van der Waals surface area contributed by atoms with Crippen molar-refractivity contribution in [2.24, 2.45) is 46.0 Å². The summed E-state index contributed by atoms with van der Waals surface area (Å²) < 4.78 is 58.3. The molecule has 15 heteroatoms. The summed E-state index contributed by atoms with van der Waals surface area (Å²) in [6, 6.07) is 45.8. The molecule has 0 spiro atoms. The van der Waals surface area contributed by atoms with Crippen molar-refractivity contribution in [3.63, 3.8) is 0 Å². The number of allylic oxidation sites excluding steroid dienone is 1. The van der Waals surface area contributed by atoms with Crippen molar-refractivity contribution >= 4 is 26.9 Å². The fourth-order valence-electron chi connectivity index (χ4n) is 20.7. The van der Waals surface area contributed by atoms with Crippen molar-refractivity contribution in [3.05, 3.63) is 223 Å². The molecule has 11 aliphatic rings. The van der Waals surface area contributed by atoms with Crippen LogP contribution in [-0.2, 0) is 58.4 Å². The molecule has 2 saturated carbocycles. The number of aliphatic hydroxyl groups excluding tert-OH is 1. The molecule has 5 heterocycles. The molecule has 13 nitrogen and oxygen atoms in total. The number of rotatable bonds is 11. The van der Waals surface area contributed by atoms with Gasteiger partial charge in [0.15, 0.2) is 5.96 Å². The van der Waals surface area contributed by atoms with E-state index in [9.17, 15) is 33.4 Å². The fraction of sp³-hybridized carbons (Fsp3) is 0.458. The van der Waals surface area contributed by atoms with Gasteiger partial charge in [0.05, 0.1) is 32.7 Å². The van der Waals surface area contributed by atoms with Crippen LogP contribution in [0.4, 0.5) is 0 Å². The normalized spacial score (nSPS) is 31.4. The summed E-state index contributed by atoms with van der Waals surface area (Å²) in [5, 5.41) is 54.0. The Morgan fingerprint density at radius 3 is 2.44 bits per heavy atom. The minimum absolute atomic E-state index is 0. The first-order valence-corrected chi connectivity index (χ1v) is 37.4. The Morgan fingerprint density at radius 2 is 1.64 bits per heavy atom. The molecule has 98 heavy (non-hydrogen) atoms. The summed E-state index contributed by atoms with van der Waals surface area (Å²) in [4.78, 5) is 5.26. The van der Waals surface area contributed by atoms with E-state index in [0.29, 0.717) is 80.6 Å². The van der Waals surface area contributed by atoms with E-state index in [-0.39, 0.29) is 102 Å². The molecule has 7 aromatic carbocycles. The number of aliphatic imine (C=N–C) groups is 1. The second-order valence-corrected chi connectivity index (χ2v) is 32.4. The number of benzene rings is 7. The number of aromatic hydroxyl groups is 1. The molecule has 16 unspecified atom stereocenters. The predicted molar refractivity (Wildman–Crippen MR) is 377 cm³/mol. The van der Waals surface area contributed by atoms with E-state index >= 15 is 0 Å². The topological polar surface area (TPSA) is 233 Å². The molecule has 18 rings (SSSR count). The Labute approximate surface area is 599 Å². The maximum atomic E-state index is 14.5. The monoisotopic (exact) mass is 1340 g/mol. The van der Waals surface area contributed by atoms with Gasteiger partial charge in [-0.3, -0.25) is 0 Å². The van der Waals surface area contributed by atoms with Gasteiger partial charge in [0.25, 0.3) is 0 Å². The SMILES string of the molecule is CNCc1cc2cccc3c2c2c1CCc1cc(C4CCCC(O)(C(Cc5ccccc5)CC5(N=C(N)N)Oc6ccc7c(c6)CCC(C)C7CC(S(=O)(=O)[O-])C6C=C7CC(CC8CC(CO)CC#Cc9cc(O)ccc9C7O8)C6c6ccc5cc6)C4)ccc1C1(O)CCC3CC21.[Na+]. The summed E-state index contributed by atoms with van der Waals surface area (Å²) in [5.74, 6) is 5.06. The molecule has 5 aliphatic heterocycles. The Kier molecular flexibility index (Phi) is 18.3. The molecule has 16 atom stereocenters. The largest absolute Gasteiger partial charge is 1.00 e. The van der Waals surface area contributed by atoms with Crippen LogP contribution < -0.4 is 51.1 Å². The molecule has 3 fully saturated rings. The van der Waals surface area contributed by atoms with Crippen LogP contribution in [0.15, 0.2) is 150 Å². The van der Waals surface area contributed by atoms with Gasteiger partial charge in [-0.25, -0.2) is 13.4 Å². The van der Waals surface area contributed by atoms with Crippen LogP contribution in [0.2, 0.25) is 0 Å². The molecular formula is C83H91N4NaO9S. The van der Waals surface area contributed by atoms with Crippen molar-refractivity contribution in [2.45, 2.75) is 193 Å². The van der Waals surface area contributed by atoms with Crippen molar-refractivity contribution < 1.29 is 72.4 Å². The number of nitrogens with zero attached hydrogens (tertiary/aromatic N) is 1. The summed E-state index contributed by atoms with van der Waals surface area (Å²) in [6.07, 6.45) is 12.3. The quantitative estimate of drug-likeness (QED) is 0.0160. The second-order valence-electron chi connectivity index (χ2n) is 30.8. The number of nitrogens with two attached hydrogens (primary N) is 2. The Hall–Kier alpha value is -6.32. The zero-order chi connectivity index (χ0) is 66.7. The number of aliphatic hydroxyl groups is 3. The number of hydrogen-bond donors (Lipinski definition) is 7. The molecule has 504 valence electrons. The first-order valence-electron chi connectivity index (χ1n) is 36.0. The van der Waals surface area contributed by atoms with E-state index in [4.69, 9.17) is 25.9 Å². The van der Waals surface area contributed by atoms with Crippen molar-refractivity contribution in [3.8, 4) is 23.3 Å². The number of phenols is 1. The van der Waals surface area contributed by atoms with Gasteiger partial charge in [-0.05, 0) is 271 Å². The van der Waals surface area contributed by atoms with Crippen LogP contribution in [0.3, 0.4) is 0 Å². The molecule has 1 saturated heterocycles. The van der Waals surface area contributed by atoms with Crippen LogP contribution in [0.5, 0.6) is 11.5 Å². The van der Waals surface area contributed by atoms with E-state index in [1.807, 2.05) is 49.5 Å². The summed E-state index contributed by atoms with van der Waals surface area (Å²) in [5.41, 5.74) is 25.3. The Morgan fingerprint density at radius 1 is 0.827 bits per heavy atom. The van der Waals surface area contributed by atoms with E-state index in [0.717, 1.165) is 90.4 Å². The van der Waals surface area contributed by atoms with Crippen LogP contribution in [-0.4, -0.2) is 70.0 Å². The fourth-order valence-corrected chi connectivity index (χ4v) is 21.8. The maximum Gasteiger partial charge on any atom is 1.00 e. The first-order chi connectivity index (χ1) is 46.9. The van der Waals surface area contributed by atoms with Crippen LogP contribution >= 0.6 is 0 Å². The number of fused-ring (bicyclic) bond motifs is 12. The van der Waals surface area contributed by atoms with Crippen molar-refractivity contribution in [1.82, 2.24) is 5.32 Å². The second kappa shape index (κ2) is 26.6. The molecule has 6 aliphatic carbocycles. The number of ether oxygens (including phenoxy) is 2. The molecule has 0 radical (unpaired) electrons. The number of guanidine groups is 1. The third-order valence-electron chi connectivity index (χ3n) is 25.2. The van der Waals surface area contributed by atoms with Crippen molar-refractivity contribution in [2.75, 3.05) is 13.7 Å². The minimum atomic E-state index is -4.98. The Bertz CT molecular complexity index is 4470.